The van der Waals surface area contributed by atoms with Gasteiger partial charge in [-0.25, -0.2) is 4.79 Å². The van der Waals surface area contributed by atoms with Gasteiger partial charge in [0.15, 0.2) is 0 Å². The fourth-order valence-electron chi connectivity index (χ4n) is 3.64. The topological polar surface area (TPSA) is 97.0 Å². The molecule has 4 amide bonds. The van der Waals surface area contributed by atoms with E-state index in [2.05, 4.69) is 17.6 Å². The second-order valence-corrected chi connectivity index (χ2v) is 7.24. The van der Waals surface area contributed by atoms with Crippen molar-refractivity contribution in [1.82, 2.24) is 10.2 Å². The standard InChI is InChI=1S/C19H25N3O5/c1-12-4-6-19(7-5-12)17(24)22(18(25)21-19)11-16(23)20-13-8-14(26-2)10-15(9-13)27-3/h8-10,12H,4-7,11H2,1-3H3,(H,20,23)(H,21,25). The molecule has 0 bridgehead atoms. The summed E-state index contributed by atoms with van der Waals surface area (Å²) >= 11 is 0. The Morgan fingerprint density at radius 1 is 1.19 bits per heavy atom. The molecule has 1 spiro atoms. The predicted octanol–water partition coefficient (Wildman–Crippen LogP) is 2.14. The van der Waals surface area contributed by atoms with Gasteiger partial charge in [0.05, 0.1) is 14.2 Å². The largest absolute Gasteiger partial charge is 0.497 e. The van der Waals surface area contributed by atoms with Gasteiger partial charge < -0.3 is 20.1 Å². The molecule has 2 fully saturated rings. The first kappa shape index (κ1) is 19.0. The molecule has 1 heterocycles. The van der Waals surface area contributed by atoms with Crippen molar-refractivity contribution < 1.29 is 23.9 Å². The number of benzene rings is 1. The molecule has 1 aromatic carbocycles. The monoisotopic (exact) mass is 375 g/mol. The Morgan fingerprint density at radius 3 is 2.33 bits per heavy atom. The van der Waals surface area contributed by atoms with Crippen molar-refractivity contribution >= 4 is 23.5 Å². The van der Waals surface area contributed by atoms with Gasteiger partial charge in [-0.2, -0.15) is 0 Å². The van der Waals surface area contributed by atoms with Crippen LogP contribution >= 0.6 is 0 Å². The highest BCUT2D eigenvalue weighted by Gasteiger charge is 2.52. The van der Waals surface area contributed by atoms with Gasteiger partial charge in [0.1, 0.15) is 23.6 Å². The molecule has 27 heavy (non-hydrogen) atoms. The molecule has 1 aromatic rings. The summed E-state index contributed by atoms with van der Waals surface area (Å²) in [5, 5.41) is 5.50. The number of nitrogens with one attached hydrogen (secondary N) is 2. The van der Waals surface area contributed by atoms with E-state index in [9.17, 15) is 14.4 Å². The number of imide groups is 1. The van der Waals surface area contributed by atoms with Gasteiger partial charge in [0.2, 0.25) is 5.91 Å². The van der Waals surface area contributed by atoms with Crippen LogP contribution in [0.4, 0.5) is 10.5 Å². The minimum atomic E-state index is -0.844. The molecule has 1 aliphatic heterocycles. The van der Waals surface area contributed by atoms with E-state index in [1.807, 2.05) is 0 Å². The maximum Gasteiger partial charge on any atom is 0.325 e. The Kier molecular flexibility index (Phi) is 5.25. The van der Waals surface area contributed by atoms with Crippen LogP contribution in [0, 0.1) is 5.92 Å². The van der Waals surface area contributed by atoms with Crippen molar-refractivity contribution in [3.05, 3.63) is 18.2 Å². The van der Waals surface area contributed by atoms with Gasteiger partial charge in [-0.15, -0.1) is 0 Å². The number of methoxy groups -OCH3 is 2. The van der Waals surface area contributed by atoms with Crippen LogP contribution in [0.1, 0.15) is 32.6 Å². The van der Waals surface area contributed by atoms with E-state index in [1.54, 1.807) is 18.2 Å². The minimum absolute atomic E-state index is 0.308. The second-order valence-electron chi connectivity index (χ2n) is 7.24. The molecule has 0 aromatic heterocycles. The smallest absolute Gasteiger partial charge is 0.325 e. The third kappa shape index (κ3) is 3.84. The summed E-state index contributed by atoms with van der Waals surface area (Å²) in [6.45, 7) is 1.81. The van der Waals surface area contributed by atoms with Crippen LogP contribution in [-0.4, -0.2) is 49.0 Å². The maximum absolute atomic E-state index is 12.8. The lowest BCUT2D eigenvalue weighted by molar-refractivity contribution is -0.135. The van der Waals surface area contributed by atoms with E-state index < -0.39 is 17.5 Å². The Balaban J connectivity index is 1.67. The van der Waals surface area contributed by atoms with E-state index in [-0.39, 0.29) is 12.5 Å². The first-order chi connectivity index (χ1) is 12.9. The summed E-state index contributed by atoms with van der Waals surface area (Å²) in [4.78, 5) is 38.5. The summed E-state index contributed by atoms with van der Waals surface area (Å²) in [6, 6.07) is 4.45. The molecule has 146 valence electrons. The third-order valence-corrected chi connectivity index (χ3v) is 5.31. The lowest BCUT2D eigenvalue weighted by Crippen LogP contribution is -2.49. The molecule has 1 aliphatic carbocycles. The van der Waals surface area contributed by atoms with Gasteiger partial charge in [-0.3, -0.25) is 14.5 Å². The second kappa shape index (κ2) is 7.46. The molecule has 0 unspecified atom stereocenters. The number of anilines is 1. The van der Waals surface area contributed by atoms with E-state index in [0.717, 1.165) is 17.7 Å². The average molecular weight is 375 g/mol. The zero-order valence-electron chi connectivity index (χ0n) is 15.8. The fourth-order valence-corrected chi connectivity index (χ4v) is 3.64. The lowest BCUT2D eigenvalue weighted by Gasteiger charge is -2.33. The van der Waals surface area contributed by atoms with Crippen LogP contribution in [0.2, 0.25) is 0 Å². The Labute approximate surface area is 158 Å². The number of carbonyl (C=O) groups excluding carboxylic acids is 3. The molecule has 8 nitrogen and oxygen atoms in total. The molecule has 1 saturated carbocycles. The summed E-state index contributed by atoms with van der Waals surface area (Å²) in [5.41, 5.74) is -0.382. The summed E-state index contributed by atoms with van der Waals surface area (Å²) in [7, 11) is 3.02. The predicted molar refractivity (Wildman–Crippen MR) is 98.8 cm³/mol. The summed E-state index contributed by atoms with van der Waals surface area (Å²) in [6.07, 6.45) is 3.00. The van der Waals surface area contributed by atoms with Gasteiger partial charge in [-0.1, -0.05) is 6.92 Å². The van der Waals surface area contributed by atoms with E-state index >= 15 is 0 Å². The first-order valence-corrected chi connectivity index (χ1v) is 9.04. The molecule has 1 saturated heterocycles. The number of nitrogens with zero attached hydrogens (tertiary/aromatic N) is 1. The molecular formula is C19H25N3O5. The van der Waals surface area contributed by atoms with Crippen molar-refractivity contribution in [2.75, 3.05) is 26.1 Å². The number of ether oxygens (including phenoxy) is 2. The van der Waals surface area contributed by atoms with Crippen LogP contribution < -0.4 is 20.1 Å². The first-order valence-electron chi connectivity index (χ1n) is 9.04. The van der Waals surface area contributed by atoms with Gasteiger partial charge in [-0.05, 0) is 31.6 Å². The van der Waals surface area contributed by atoms with E-state index in [4.69, 9.17) is 9.47 Å². The summed E-state index contributed by atoms with van der Waals surface area (Å²) < 4.78 is 10.3. The minimum Gasteiger partial charge on any atom is -0.497 e. The van der Waals surface area contributed by atoms with Crippen LogP contribution in [0.5, 0.6) is 11.5 Å². The maximum atomic E-state index is 12.8. The molecule has 0 atom stereocenters. The van der Waals surface area contributed by atoms with Crippen molar-refractivity contribution in [2.24, 2.45) is 5.92 Å². The molecule has 3 rings (SSSR count). The van der Waals surface area contributed by atoms with Crippen LogP contribution in [0.15, 0.2) is 18.2 Å². The fraction of sp³-hybridized carbons (Fsp3) is 0.526. The highest BCUT2D eigenvalue weighted by Crippen LogP contribution is 2.36. The molecule has 2 N–H and O–H groups in total. The van der Waals surface area contributed by atoms with Crippen LogP contribution in [0.3, 0.4) is 0 Å². The molecular weight excluding hydrogens is 350 g/mol. The molecule has 0 radical (unpaired) electrons. The average Bonchev–Trinajstić information content (AvgIpc) is 2.88. The number of urea groups is 1. The number of amides is 4. The van der Waals surface area contributed by atoms with Gasteiger partial charge in [0, 0.05) is 23.9 Å². The van der Waals surface area contributed by atoms with Crippen LogP contribution in [0.25, 0.3) is 0 Å². The van der Waals surface area contributed by atoms with Gasteiger partial charge in [0.25, 0.3) is 5.91 Å². The number of hydrogen-bond acceptors (Lipinski definition) is 5. The van der Waals surface area contributed by atoms with Crippen molar-refractivity contribution in [3.8, 4) is 11.5 Å². The Bertz CT molecular complexity index is 733. The van der Waals surface area contributed by atoms with Crippen molar-refractivity contribution in [3.63, 3.8) is 0 Å². The van der Waals surface area contributed by atoms with Crippen molar-refractivity contribution in [2.45, 2.75) is 38.1 Å². The molecule has 2 aliphatic rings. The normalized spacial score (nSPS) is 24.7. The third-order valence-electron chi connectivity index (χ3n) is 5.31. The van der Waals surface area contributed by atoms with Crippen LogP contribution in [-0.2, 0) is 9.59 Å². The number of hydrogen-bond donors (Lipinski definition) is 2. The highest BCUT2D eigenvalue weighted by molar-refractivity contribution is 6.10. The quantitative estimate of drug-likeness (QED) is 0.769. The number of rotatable bonds is 5. The Morgan fingerprint density at radius 2 is 1.78 bits per heavy atom. The zero-order valence-corrected chi connectivity index (χ0v) is 15.8. The number of carbonyl (C=O) groups is 3. The zero-order chi connectivity index (χ0) is 19.6. The van der Waals surface area contributed by atoms with E-state index in [0.29, 0.717) is 35.9 Å². The van der Waals surface area contributed by atoms with Crippen molar-refractivity contribution in [1.29, 1.82) is 0 Å². The van der Waals surface area contributed by atoms with Gasteiger partial charge >= 0.3 is 6.03 Å². The summed E-state index contributed by atoms with van der Waals surface area (Å²) in [5.74, 6) is 0.818. The lowest BCUT2D eigenvalue weighted by atomic mass is 9.77. The SMILES string of the molecule is COc1cc(NC(=O)CN2C(=O)NC3(CCC(C)CC3)C2=O)cc(OC)c1. The molecule has 8 heteroatoms. The van der Waals surface area contributed by atoms with E-state index in [1.165, 1.54) is 14.2 Å². The highest BCUT2D eigenvalue weighted by atomic mass is 16.5. The Hall–Kier alpha value is -2.77.